The molecule has 140 valence electrons. The number of carboxylic acids is 1. The quantitative estimate of drug-likeness (QED) is 0.756. The number of aliphatic carboxylic acids is 1. The summed E-state index contributed by atoms with van der Waals surface area (Å²) in [5, 5.41) is 8.69. The second-order valence-electron chi connectivity index (χ2n) is 5.84. The molecule has 1 heterocycles. The highest BCUT2D eigenvalue weighted by atomic mass is 32.2. The Kier molecular flexibility index (Phi) is 6.72. The number of carboxylic acid groups (broad SMARTS) is 1. The number of benzene rings is 1. The van der Waals surface area contributed by atoms with E-state index in [2.05, 4.69) is 0 Å². The van der Waals surface area contributed by atoms with Crippen LogP contribution in [0.3, 0.4) is 0 Å². The second-order valence-corrected chi connectivity index (χ2v) is 8.82. The summed E-state index contributed by atoms with van der Waals surface area (Å²) >= 11 is 1.64. The smallest absolute Gasteiger partial charge is 0.329 e. The predicted molar refractivity (Wildman–Crippen MR) is 95.9 cm³/mol. The standard InChI is InChI=1S/C16H23NO6S2/c1-11-6-14(22-3)7-12(2)16(11)25(20,21)17-4-5-24-10-13(17)8-23-9-15(18)19/h6-7,13H,4-5,8-10H2,1-3H3,(H,18,19)/t13-/m1/s1. The molecule has 1 aliphatic rings. The average Bonchev–Trinajstić information content (AvgIpc) is 2.53. The molecule has 0 saturated carbocycles. The van der Waals surface area contributed by atoms with E-state index in [9.17, 15) is 13.2 Å². The number of carbonyl (C=O) groups is 1. The third-order valence-corrected chi connectivity index (χ3v) is 7.30. The molecule has 1 aliphatic heterocycles. The molecule has 1 saturated heterocycles. The van der Waals surface area contributed by atoms with E-state index >= 15 is 0 Å². The molecule has 0 spiro atoms. The first kappa shape index (κ1) is 20.0. The van der Waals surface area contributed by atoms with Crippen LogP contribution in [0.5, 0.6) is 5.75 Å². The van der Waals surface area contributed by atoms with Gasteiger partial charge in [-0.15, -0.1) is 0 Å². The zero-order valence-corrected chi connectivity index (χ0v) is 16.2. The molecule has 9 heteroatoms. The molecule has 1 fully saturated rings. The SMILES string of the molecule is COc1cc(C)c(S(=O)(=O)N2CCSC[C@H]2COCC(=O)O)c(C)c1. The largest absolute Gasteiger partial charge is 0.497 e. The highest BCUT2D eigenvalue weighted by Gasteiger charge is 2.35. The lowest BCUT2D eigenvalue weighted by molar-refractivity contribution is -0.142. The van der Waals surface area contributed by atoms with E-state index in [1.807, 2.05) is 0 Å². The van der Waals surface area contributed by atoms with Crippen molar-refractivity contribution in [1.29, 1.82) is 0 Å². The third kappa shape index (κ3) is 4.66. The zero-order valence-electron chi connectivity index (χ0n) is 14.5. The van der Waals surface area contributed by atoms with Crippen LogP contribution in [0.15, 0.2) is 17.0 Å². The van der Waals surface area contributed by atoms with Gasteiger partial charge < -0.3 is 14.6 Å². The normalized spacial score (nSPS) is 18.9. The lowest BCUT2D eigenvalue weighted by Crippen LogP contribution is -2.48. The Bertz CT molecular complexity index is 711. The van der Waals surface area contributed by atoms with Crippen molar-refractivity contribution in [3.8, 4) is 5.75 Å². The van der Waals surface area contributed by atoms with Gasteiger partial charge >= 0.3 is 5.97 Å². The molecule has 1 atom stereocenters. The van der Waals surface area contributed by atoms with Crippen molar-refractivity contribution in [2.75, 3.05) is 38.4 Å². The highest BCUT2D eigenvalue weighted by molar-refractivity contribution is 7.99. The van der Waals surface area contributed by atoms with E-state index in [0.717, 1.165) is 0 Å². The van der Waals surface area contributed by atoms with Crippen LogP contribution in [0.1, 0.15) is 11.1 Å². The van der Waals surface area contributed by atoms with Gasteiger partial charge in [0.25, 0.3) is 0 Å². The topological polar surface area (TPSA) is 93.1 Å². The number of thioether (sulfide) groups is 1. The van der Waals surface area contributed by atoms with E-state index in [1.54, 1.807) is 44.9 Å². The lowest BCUT2D eigenvalue weighted by atomic mass is 10.1. The van der Waals surface area contributed by atoms with Gasteiger partial charge in [0.1, 0.15) is 12.4 Å². The van der Waals surface area contributed by atoms with Gasteiger partial charge in [-0.05, 0) is 37.1 Å². The summed E-state index contributed by atoms with van der Waals surface area (Å²) in [6.07, 6.45) is 0. The van der Waals surface area contributed by atoms with Crippen LogP contribution < -0.4 is 4.74 Å². The minimum absolute atomic E-state index is 0.0623. The van der Waals surface area contributed by atoms with Crippen LogP contribution in [0.2, 0.25) is 0 Å². The Balaban J connectivity index is 2.31. The van der Waals surface area contributed by atoms with Crippen molar-refractivity contribution in [3.63, 3.8) is 0 Å². The van der Waals surface area contributed by atoms with E-state index in [4.69, 9.17) is 14.6 Å². The first-order valence-corrected chi connectivity index (χ1v) is 10.4. The fourth-order valence-corrected chi connectivity index (χ4v) is 6.20. The van der Waals surface area contributed by atoms with E-state index in [-0.39, 0.29) is 17.5 Å². The van der Waals surface area contributed by atoms with Crippen molar-refractivity contribution >= 4 is 27.8 Å². The first-order chi connectivity index (χ1) is 11.8. The van der Waals surface area contributed by atoms with Gasteiger partial charge in [0.05, 0.1) is 24.7 Å². The molecule has 0 aliphatic carbocycles. The molecule has 1 aromatic carbocycles. The van der Waals surface area contributed by atoms with Gasteiger partial charge in [-0.1, -0.05) is 0 Å². The maximum atomic E-state index is 13.2. The molecule has 7 nitrogen and oxygen atoms in total. The maximum absolute atomic E-state index is 13.2. The number of ether oxygens (including phenoxy) is 2. The van der Waals surface area contributed by atoms with Gasteiger partial charge in [-0.25, -0.2) is 13.2 Å². The summed E-state index contributed by atoms with van der Waals surface area (Å²) in [5.41, 5.74) is 1.25. The molecule has 0 amide bonds. The molecule has 25 heavy (non-hydrogen) atoms. The summed E-state index contributed by atoms with van der Waals surface area (Å²) in [6, 6.07) is 3.02. The van der Waals surface area contributed by atoms with Gasteiger partial charge in [-0.3, -0.25) is 0 Å². The van der Waals surface area contributed by atoms with Crippen LogP contribution >= 0.6 is 11.8 Å². The minimum atomic E-state index is -3.71. The monoisotopic (exact) mass is 389 g/mol. The zero-order chi connectivity index (χ0) is 18.6. The Labute approximate surface area is 152 Å². The van der Waals surface area contributed by atoms with E-state index < -0.39 is 22.6 Å². The Morgan fingerprint density at radius 3 is 2.56 bits per heavy atom. The highest BCUT2D eigenvalue weighted by Crippen LogP contribution is 2.31. The van der Waals surface area contributed by atoms with Gasteiger partial charge in [0.15, 0.2) is 0 Å². The van der Waals surface area contributed by atoms with Crippen LogP contribution in [-0.2, 0) is 19.6 Å². The summed E-state index contributed by atoms with van der Waals surface area (Å²) in [4.78, 5) is 10.9. The molecule has 0 radical (unpaired) electrons. The van der Waals surface area contributed by atoms with Crippen LogP contribution in [0.25, 0.3) is 0 Å². The Hall–Kier alpha value is -1.29. The number of rotatable bonds is 7. The van der Waals surface area contributed by atoms with Gasteiger partial charge in [0, 0.05) is 18.1 Å². The number of hydrogen-bond donors (Lipinski definition) is 1. The number of sulfonamides is 1. The number of aryl methyl sites for hydroxylation is 2. The number of methoxy groups -OCH3 is 1. The van der Waals surface area contributed by atoms with Crippen molar-refractivity contribution in [1.82, 2.24) is 4.31 Å². The van der Waals surface area contributed by atoms with E-state index in [0.29, 0.717) is 34.9 Å². The third-order valence-electron chi connectivity index (χ3n) is 3.95. The molecule has 0 aromatic heterocycles. The van der Waals surface area contributed by atoms with Crippen molar-refractivity contribution < 1.29 is 27.8 Å². The van der Waals surface area contributed by atoms with Crippen LogP contribution in [0.4, 0.5) is 0 Å². The molecule has 1 N–H and O–H groups in total. The molecule has 1 aromatic rings. The molecule has 2 rings (SSSR count). The fourth-order valence-electron chi connectivity index (χ4n) is 2.92. The van der Waals surface area contributed by atoms with Crippen molar-refractivity contribution in [3.05, 3.63) is 23.3 Å². The first-order valence-electron chi connectivity index (χ1n) is 7.81. The molecule has 0 unspecified atom stereocenters. The van der Waals surface area contributed by atoms with Crippen molar-refractivity contribution in [2.24, 2.45) is 0 Å². The van der Waals surface area contributed by atoms with Gasteiger partial charge in [-0.2, -0.15) is 16.1 Å². The van der Waals surface area contributed by atoms with Crippen LogP contribution in [0, 0.1) is 13.8 Å². The second kappa shape index (κ2) is 8.39. The molecule has 0 bridgehead atoms. The molecular weight excluding hydrogens is 366 g/mol. The Morgan fingerprint density at radius 1 is 1.36 bits per heavy atom. The predicted octanol–water partition coefficient (Wildman–Crippen LogP) is 1.52. The fraction of sp³-hybridized carbons (Fsp3) is 0.562. The average molecular weight is 389 g/mol. The molecular formula is C16H23NO6S2. The summed E-state index contributed by atoms with van der Waals surface area (Å²) in [7, 11) is -2.17. The Morgan fingerprint density at radius 2 is 2.00 bits per heavy atom. The summed E-state index contributed by atoms with van der Waals surface area (Å²) < 4.78 is 38.3. The summed E-state index contributed by atoms with van der Waals surface area (Å²) in [5.74, 6) is 0.819. The lowest BCUT2D eigenvalue weighted by Gasteiger charge is -2.34. The van der Waals surface area contributed by atoms with Gasteiger partial charge in [0.2, 0.25) is 10.0 Å². The van der Waals surface area contributed by atoms with Crippen LogP contribution in [-0.4, -0.2) is 68.2 Å². The van der Waals surface area contributed by atoms with Crippen molar-refractivity contribution in [2.45, 2.75) is 24.8 Å². The number of hydrogen-bond acceptors (Lipinski definition) is 6. The summed E-state index contributed by atoms with van der Waals surface area (Å²) in [6.45, 7) is 3.50. The maximum Gasteiger partial charge on any atom is 0.329 e. The van der Waals surface area contributed by atoms with E-state index in [1.165, 1.54) is 4.31 Å². The minimum Gasteiger partial charge on any atom is -0.497 e. The number of nitrogens with zero attached hydrogens (tertiary/aromatic N) is 1.